The zero-order valence-corrected chi connectivity index (χ0v) is 9.16. The minimum atomic E-state index is -1.94. The molecule has 0 bridgehead atoms. The van der Waals surface area contributed by atoms with Crippen LogP contribution in [0.5, 0.6) is 0 Å². The Morgan fingerprint density at radius 1 is 1.47 bits per heavy atom. The number of para-hydroxylation sites is 1. The van der Waals surface area contributed by atoms with Crippen LogP contribution in [0.25, 0.3) is 0 Å². The van der Waals surface area contributed by atoms with Crippen molar-refractivity contribution >= 4 is 22.7 Å². The zero-order valence-electron chi connectivity index (χ0n) is 8.34. The fourth-order valence-electron chi connectivity index (χ4n) is 1.08. The predicted molar refractivity (Wildman–Crippen MR) is 59.9 cm³/mol. The van der Waals surface area contributed by atoms with Crippen LogP contribution in [0.3, 0.4) is 0 Å². The molecule has 82 valence electrons. The Morgan fingerprint density at radius 2 is 2.07 bits per heavy atom. The third kappa shape index (κ3) is 4.22. The lowest BCUT2D eigenvalue weighted by molar-refractivity contribution is -0.118. The van der Waals surface area contributed by atoms with Gasteiger partial charge in [0.2, 0.25) is 5.91 Å². The number of amides is 1. The predicted octanol–water partition coefficient (Wildman–Crippen LogP) is 1.48. The lowest BCUT2D eigenvalue weighted by Gasteiger charge is -2.09. The van der Waals surface area contributed by atoms with E-state index >= 15 is 0 Å². The highest BCUT2D eigenvalue weighted by Gasteiger charge is 2.15. The van der Waals surface area contributed by atoms with Crippen LogP contribution in [-0.4, -0.2) is 20.4 Å². The molecule has 0 heterocycles. The Balaban J connectivity index is 2.52. The van der Waals surface area contributed by atoms with E-state index in [1.807, 2.05) is 18.2 Å². The summed E-state index contributed by atoms with van der Waals surface area (Å²) in [5.74, 6) is -0.766. The average molecular weight is 227 g/mol. The number of benzene rings is 1. The van der Waals surface area contributed by atoms with E-state index in [1.165, 1.54) is 0 Å². The summed E-state index contributed by atoms with van der Waals surface area (Å²) < 4.78 is 19.1. The largest absolute Gasteiger partial charge is 0.326 e. The molecule has 1 aromatic rings. The Kier molecular flexibility index (Phi) is 4.45. The number of nitrogens with one attached hydrogen (secondary N) is 1. The van der Waals surface area contributed by atoms with Gasteiger partial charge < -0.3 is 9.87 Å². The number of carbonyl (C=O) groups excluding carboxylic acids is 1. The molecule has 0 aliphatic heterocycles. The van der Waals surface area contributed by atoms with Gasteiger partial charge in [-0.1, -0.05) is 25.1 Å². The first-order chi connectivity index (χ1) is 7.09. The Morgan fingerprint density at radius 3 is 2.60 bits per heavy atom. The molecular formula is C10H13NO3S. The maximum Gasteiger partial charge on any atom is 0.228 e. The van der Waals surface area contributed by atoms with Crippen molar-refractivity contribution in [1.82, 2.24) is 0 Å². The number of rotatable bonds is 4. The van der Waals surface area contributed by atoms with E-state index in [0.29, 0.717) is 5.69 Å². The van der Waals surface area contributed by atoms with Gasteiger partial charge in [-0.25, -0.2) is 4.21 Å². The summed E-state index contributed by atoms with van der Waals surface area (Å²) in [7, 11) is 0. The summed E-state index contributed by atoms with van der Waals surface area (Å²) in [4.78, 5) is 11.5. The van der Waals surface area contributed by atoms with Crippen LogP contribution < -0.4 is 5.32 Å². The normalized spacial score (nSPS) is 14.3. The van der Waals surface area contributed by atoms with Crippen LogP contribution in [0.2, 0.25) is 0 Å². The van der Waals surface area contributed by atoms with E-state index in [4.69, 9.17) is 4.55 Å². The van der Waals surface area contributed by atoms with Crippen LogP contribution in [0, 0.1) is 5.92 Å². The van der Waals surface area contributed by atoms with Crippen LogP contribution in [-0.2, 0) is 15.9 Å². The van der Waals surface area contributed by atoms with Gasteiger partial charge in [0, 0.05) is 11.6 Å². The van der Waals surface area contributed by atoms with Gasteiger partial charge in [0.1, 0.15) is 0 Å². The summed E-state index contributed by atoms with van der Waals surface area (Å²) in [6.45, 7) is 1.62. The fraction of sp³-hybridized carbons (Fsp3) is 0.300. The van der Waals surface area contributed by atoms with Gasteiger partial charge in [-0.2, -0.15) is 0 Å². The van der Waals surface area contributed by atoms with E-state index in [-0.39, 0.29) is 11.7 Å². The molecule has 2 atom stereocenters. The summed E-state index contributed by atoms with van der Waals surface area (Å²) in [6, 6.07) is 9.00. The van der Waals surface area contributed by atoms with Gasteiger partial charge in [-0.05, 0) is 12.1 Å². The smallest absolute Gasteiger partial charge is 0.228 e. The van der Waals surface area contributed by atoms with Crippen molar-refractivity contribution in [2.75, 3.05) is 11.1 Å². The number of anilines is 1. The molecule has 1 unspecified atom stereocenters. The Labute approximate surface area is 91.0 Å². The molecule has 0 radical (unpaired) electrons. The maximum absolute atomic E-state index is 11.5. The van der Waals surface area contributed by atoms with Crippen LogP contribution in [0.15, 0.2) is 30.3 Å². The van der Waals surface area contributed by atoms with Crippen LogP contribution in [0.4, 0.5) is 5.69 Å². The van der Waals surface area contributed by atoms with E-state index in [2.05, 4.69) is 5.32 Å². The highest BCUT2D eigenvalue weighted by atomic mass is 32.2. The van der Waals surface area contributed by atoms with Gasteiger partial charge in [-0.15, -0.1) is 0 Å². The van der Waals surface area contributed by atoms with Crippen molar-refractivity contribution < 1.29 is 13.6 Å². The second kappa shape index (κ2) is 5.63. The van der Waals surface area contributed by atoms with Crippen LogP contribution in [0.1, 0.15) is 6.92 Å². The number of hydrogen-bond acceptors (Lipinski definition) is 2. The topological polar surface area (TPSA) is 66.4 Å². The standard InChI is InChI=1S/C10H13NO3S/c1-8(7-15(13)14)10(12)11-9-5-3-2-4-6-9/h2-6,8H,7H2,1H3,(H,11,12)(H,13,14)/t8-/m0/s1. The van der Waals surface area contributed by atoms with Gasteiger partial charge in [0.25, 0.3) is 0 Å². The lowest BCUT2D eigenvalue weighted by Crippen LogP contribution is -2.24. The highest BCUT2D eigenvalue weighted by molar-refractivity contribution is 7.79. The zero-order chi connectivity index (χ0) is 11.3. The van der Waals surface area contributed by atoms with Crippen molar-refractivity contribution in [2.24, 2.45) is 5.92 Å². The molecular weight excluding hydrogens is 214 g/mol. The Bertz CT molecular complexity index is 353. The molecule has 0 saturated heterocycles. The first-order valence-corrected chi connectivity index (χ1v) is 5.80. The number of hydrogen-bond donors (Lipinski definition) is 2. The van der Waals surface area contributed by atoms with Gasteiger partial charge in [0.05, 0.1) is 5.75 Å². The third-order valence-electron chi connectivity index (χ3n) is 1.88. The number of carbonyl (C=O) groups is 1. The van der Waals surface area contributed by atoms with Crippen molar-refractivity contribution in [3.63, 3.8) is 0 Å². The first-order valence-electron chi connectivity index (χ1n) is 4.53. The molecule has 0 saturated carbocycles. The van der Waals surface area contributed by atoms with Gasteiger partial charge >= 0.3 is 0 Å². The summed E-state index contributed by atoms with van der Waals surface area (Å²) in [5.41, 5.74) is 0.693. The molecule has 0 aromatic heterocycles. The molecule has 5 heteroatoms. The fourth-order valence-corrected chi connectivity index (χ4v) is 1.66. The summed E-state index contributed by atoms with van der Waals surface area (Å²) in [6.07, 6.45) is 0. The molecule has 1 rings (SSSR count). The van der Waals surface area contributed by atoms with Crippen molar-refractivity contribution in [2.45, 2.75) is 6.92 Å². The average Bonchev–Trinajstić information content (AvgIpc) is 2.18. The van der Waals surface area contributed by atoms with Crippen LogP contribution >= 0.6 is 0 Å². The lowest BCUT2D eigenvalue weighted by atomic mass is 10.2. The molecule has 0 spiro atoms. The van der Waals surface area contributed by atoms with E-state index < -0.39 is 17.0 Å². The molecule has 15 heavy (non-hydrogen) atoms. The molecule has 0 aliphatic rings. The van der Waals surface area contributed by atoms with E-state index in [1.54, 1.807) is 19.1 Å². The molecule has 0 fully saturated rings. The minimum absolute atomic E-state index is 0.0430. The second-order valence-corrected chi connectivity index (χ2v) is 4.22. The second-order valence-electron chi connectivity index (χ2n) is 3.24. The monoisotopic (exact) mass is 227 g/mol. The van der Waals surface area contributed by atoms with E-state index in [9.17, 15) is 9.00 Å². The summed E-state index contributed by atoms with van der Waals surface area (Å²) in [5, 5.41) is 2.66. The quantitative estimate of drug-likeness (QED) is 0.766. The first kappa shape index (κ1) is 11.9. The molecule has 2 N–H and O–H groups in total. The van der Waals surface area contributed by atoms with E-state index in [0.717, 1.165) is 0 Å². The van der Waals surface area contributed by atoms with Gasteiger partial charge in [0.15, 0.2) is 11.1 Å². The molecule has 0 aliphatic carbocycles. The SMILES string of the molecule is C[C@@H](CS(=O)O)C(=O)Nc1ccccc1. The van der Waals surface area contributed by atoms with Crippen molar-refractivity contribution in [3.05, 3.63) is 30.3 Å². The summed E-state index contributed by atoms with van der Waals surface area (Å²) >= 11 is -1.94. The Hall–Kier alpha value is -1.20. The third-order valence-corrected chi connectivity index (χ3v) is 2.67. The van der Waals surface area contributed by atoms with Crippen molar-refractivity contribution in [3.8, 4) is 0 Å². The highest BCUT2D eigenvalue weighted by Crippen LogP contribution is 2.08. The van der Waals surface area contributed by atoms with Crippen molar-refractivity contribution in [1.29, 1.82) is 0 Å². The molecule has 1 amide bonds. The molecule has 1 aromatic carbocycles. The molecule has 4 nitrogen and oxygen atoms in total. The minimum Gasteiger partial charge on any atom is -0.326 e. The van der Waals surface area contributed by atoms with Gasteiger partial charge in [-0.3, -0.25) is 4.79 Å². The maximum atomic E-state index is 11.5.